The number of esters is 1. The van der Waals surface area contributed by atoms with Crippen molar-refractivity contribution in [3.8, 4) is 0 Å². The van der Waals surface area contributed by atoms with Crippen LogP contribution in [0.4, 0.5) is 11.4 Å². The van der Waals surface area contributed by atoms with Gasteiger partial charge in [0.1, 0.15) is 11.7 Å². The van der Waals surface area contributed by atoms with Crippen LogP contribution in [0.3, 0.4) is 0 Å². The Balaban J connectivity index is 1.52. The molecule has 0 aliphatic heterocycles. The van der Waals surface area contributed by atoms with Crippen LogP contribution in [0.1, 0.15) is 21.5 Å². The molecule has 1 atom stereocenters. The van der Waals surface area contributed by atoms with Gasteiger partial charge >= 0.3 is 5.97 Å². The van der Waals surface area contributed by atoms with E-state index >= 15 is 0 Å². The van der Waals surface area contributed by atoms with Crippen molar-refractivity contribution in [2.45, 2.75) is 19.0 Å². The standard InChI is InChI=1S/C26H24N4O5/c1-35-26(32)23(13-19-16-28-21-10-6-5-9-20(19)21)29-25(31)18-11-12-22(24(14-18)30(33)34)27-15-17-7-3-2-4-8-17/h2-12,14,16,23,27-28H,13,15H2,1H3,(H,29,31). The number of carbonyl (C=O) groups excluding carboxylic acids is 2. The number of benzene rings is 3. The molecule has 1 unspecified atom stereocenters. The summed E-state index contributed by atoms with van der Waals surface area (Å²) in [4.78, 5) is 39.7. The van der Waals surface area contributed by atoms with Crippen LogP contribution in [-0.4, -0.2) is 34.9 Å². The van der Waals surface area contributed by atoms with Gasteiger partial charge in [-0.1, -0.05) is 48.5 Å². The minimum Gasteiger partial charge on any atom is -0.467 e. The van der Waals surface area contributed by atoms with Crippen molar-refractivity contribution in [2.75, 3.05) is 12.4 Å². The van der Waals surface area contributed by atoms with Crippen LogP contribution in [0.5, 0.6) is 0 Å². The van der Waals surface area contributed by atoms with Crippen LogP contribution in [0.15, 0.2) is 79.0 Å². The van der Waals surface area contributed by atoms with Gasteiger partial charge in [-0.2, -0.15) is 0 Å². The lowest BCUT2D eigenvalue weighted by molar-refractivity contribution is -0.384. The molecule has 35 heavy (non-hydrogen) atoms. The molecule has 178 valence electrons. The number of nitrogens with one attached hydrogen (secondary N) is 3. The van der Waals surface area contributed by atoms with E-state index in [0.717, 1.165) is 22.0 Å². The molecule has 0 spiro atoms. The van der Waals surface area contributed by atoms with Gasteiger partial charge in [0.2, 0.25) is 0 Å². The summed E-state index contributed by atoms with van der Waals surface area (Å²) < 4.78 is 4.88. The van der Waals surface area contributed by atoms with E-state index < -0.39 is 22.8 Å². The number of H-pyrrole nitrogens is 1. The molecular formula is C26H24N4O5. The van der Waals surface area contributed by atoms with Gasteiger partial charge in [-0.25, -0.2) is 4.79 Å². The molecule has 3 aromatic carbocycles. The van der Waals surface area contributed by atoms with Crippen LogP contribution < -0.4 is 10.6 Å². The zero-order valence-corrected chi connectivity index (χ0v) is 19.0. The lowest BCUT2D eigenvalue weighted by Gasteiger charge is -2.17. The number of hydrogen-bond donors (Lipinski definition) is 3. The van der Waals surface area contributed by atoms with Gasteiger partial charge in [-0.3, -0.25) is 14.9 Å². The molecule has 0 saturated carbocycles. The average Bonchev–Trinajstić information content (AvgIpc) is 3.29. The number of aromatic amines is 1. The van der Waals surface area contributed by atoms with Crippen LogP contribution in [0, 0.1) is 10.1 Å². The topological polar surface area (TPSA) is 126 Å². The Bertz CT molecular complexity index is 1370. The van der Waals surface area contributed by atoms with Crippen molar-refractivity contribution in [2.24, 2.45) is 0 Å². The molecule has 1 aromatic heterocycles. The van der Waals surface area contributed by atoms with Crippen molar-refractivity contribution >= 4 is 34.2 Å². The summed E-state index contributed by atoms with van der Waals surface area (Å²) in [5.41, 5.74) is 2.82. The van der Waals surface area contributed by atoms with E-state index in [1.54, 1.807) is 6.20 Å². The second kappa shape index (κ2) is 10.5. The first-order valence-electron chi connectivity index (χ1n) is 11.0. The summed E-state index contributed by atoms with van der Waals surface area (Å²) in [5.74, 6) is -1.22. The smallest absolute Gasteiger partial charge is 0.328 e. The predicted molar refractivity (Wildman–Crippen MR) is 132 cm³/mol. The first kappa shape index (κ1) is 23.5. The van der Waals surface area contributed by atoms with E-state index in [9.17, 15) is 19.7 Å². The quantitative estimate of drug-likeness (QED) is 0.190. The number of carbonyl (C=O) groups is 2. The molecule has 9 heteroatoms. The largest absolute Gasteiger partial charge is 0.467 e. The monoisotopic (exact) mass is 472 g/mol. The summed E-state index contributed by atoms with van der Waals surface area (Å²) in [6.45, 7) is 0.391. The molecule has 9 nitrogen and oxygen atoms in total. The highest BCUT2D eigenvalue weighted by Crippen LogP contribution is 2.26. The van der Waals surface area contributed by atoms with Crippen LogP contribution in [-0.2, 0) is 22.5 Å². The first-order chi connectivity index (χ1) is 17.0. The highest BCUT2D eigenvalue weighted by atomic mass is 16.6. The SMILES string of the molecule is COC(=O)C(Cc1c[nH]c2ccccc12)NC(=O)c1ccc(NCc2ccccc2)c([N+](=O)[O-])c1. The fourth-order valence-electron chi connectivity index (χ4n) is 3.86. The normalized spacial score (nSPS) is 11.6. The Morgan fingerprint density at radius 2 is 1.80 bits per heavy atom. The zero-order chi connectivity index (χ0) is 24.8. The number of rotatable bonds is 9. The van der Waals surface area contributed by atoms with Gasteiger partial charge in [0, 0.05) is 41.7 Å². The number of methoxy groups -OCH3 is 1. The van der Waals surface area contributed by atoms with Crippen LogP contribution >= 0.6 is 0 Å². The van der Waals surface area contributed by atoms with Crippen LogP contribution in [0.25, 0.3) is 10.9 Å². The lowest BCUT2D eigenvalue weighted by atomic mass is 10.0. The Kier molecular flexibility index (Phi) is 7.06. The molecular weight excluding hydrogens is 448 g/mol. The molecule has 3 N–H and O–H groups in total. The van der Waals surface area contributed by atoms with E-state index in [1.165, 1.54) is 25.3 Å². The number of anilines is 1. The molecule has 0 fully saturated rings. The van der Waals surface area contributed by atoms with Crippen molar-refractivity contribution in [1.29, 1.82) is 0 Å². The highest BCUT2D eigenvalue weighted by Gasteiger charge is 2.25. The number of nitrogens with zero attached hydrogens (tertiary/aromatic N) is 1. The average molecular weight is 473 g/mol. The number of aromatic nitrogens is 1. The zero-order valence-electron chi connectivity index (χ0n) is 19.0. The van der Waals surface area contributed by atoms with Gasteiger partial charge in [-0.05, 0) is 29.3 Å². The molecule has 1 heterocycles. The van der Waals surface area contributed by atoms with Crippen LogP contribution in [0.2, 0.25) is 0 Å². The molecule has 0 aliphatic rings. The second-order valence-corrected chi connectivity index (χ2v) is 7.94. The number of nitro groups is 1. The highest BCUT2D eigenvalue weighted by molar-refractivity contribution is 5.98. The number of fused-ring (bicyclic) bond motifs is 1. The van der Waals surface area contributed by atoms with Gasteiger partial charge in [-0.15, -0.1) is 0 Å². The third-order valence-electron chi connectivity index (χ3n) is 5.67. The maximum Gasteiger partial charge on any atom is 0.328 e. The van der Waals surface area contributed by atoms with E-state index in [2.05, 4.69) is 15.6 Å². The third-order valence-corrected chi connectivity index (χ3v) is 5.67. The maximum absolute atomic E-state index is 13.0. The van der Waals surface area contributed by atoms with Gasteiger partial charge in [0.25, 0.3) is 11.6 Å². The third kappa shape index (κ3) is 5.47. The predicted octanol–water partition coefficient (Wildman–Crippen LogP) is 4.20. The van der Waals surface area contributed by atoms with Crippen molar-refractivity contribution in [1.82, 2.24) is 10.3 Å². The molecule has 0 radical (unpaired) electrons. The number of nitro benzene ring substituents is 1. The van der Waals surface area contributed by atoms with Gasteiger partial charge in [0.15, 0.2) is 0 Å². The minimum absolute atomic E-state index is 0.0646. The van der Waals surface area contributed by atoms with E-state index in [0.29, 0.717) is 12.2 Å². The summed E-state index contributed by atoms with van der Waals surface area (Å²) >= 11 is 0. The van der Waals surface area contributed by atoms with E-state index in [4.69, 9.17) is 4.74 Å². The fraction of sp³-hybridized carbons (Fsp3) is 0.154. The number of para-hydroxylation sites is 1. The Labute approximate surface area is 201 Å². The molecule has 0 aliphatic carbocycles. The Morgan fingerprint density at radius 1 is 1.06 bits per heavy atom. The van der Waals surface area contributed by atoms with Crippen molar-refractivity contribution < 1.29 is 19.2 Å². The maximum atomic E-state index is 13.0. The number of hydrogen-bond acceptors (Lipinski definition) is 6. The Morgan fingerprint density at radius 3 is 2.54 bits per heavy atom. The number of ether oxygens (including phenoxy) is 1. The molecule has 4 aromatic rings. The minimum atomic E-state index is -0.971. The van der Waals surface area contributed by atoms with Crippen molar-refractivity contribution in [3.05, 3.63) is 106 Å². The second-order valence-electron chi connectivity index (χ2n) is 7.94. The van der Waals surface area contributed by atoms with E-state index in [1.807, 2.05) is 54.6 Å². The van der Waals surface area contributed by atoms with Crippen molar-refractivity contribution in [3.63, 3.8) is 0 Å². The molecule has 0 bridgehead atoms. The number of amides is 1. The summed E-state index contributed by atoms with van der Waals surface area (Å²) in [5, 5.41) is 18.3. The van der Waals surface area contributed by atoms with E-state index in [-0.39, 0.29) is 17.7 Å². The molecule has 1 amide bonds. The van der Waals surface area contributed by atoms with Gasteiger partial charge < -0.3 is 20.4 Å². The molecule has 4 rings (SSSR count). The summed E-state index contributed by atoms with van der Waals surface area (Å²) in [7, 11) is 1.24. The Hall–Kier alpha value is -4.66. The van der Waals surface area contributed by atoms with Gasteiger partial charge in [0.05, 0.1) is 12.0 Å². The first-order valence-corrected chi connectivity index (χ1v) is 11.0. The molecule has 0 saturated heterocycles. The summed E-state index contributed by atoms with van der Waals surface area (Å²) in [6, 6.07) is 20.3. The summed E-state index contributed by atoms with van der Waals surface area (Å²) in [6.07, 6.45) is 1.98. The lowest BCUT2D eigenvalue weighted by Crippen LogP contribution is -2.43. The fourth-order valence-corrected chi connectivity index (χ4v) is 3.86.